The Balaban J connectivity index is 1.83. The molecule has 2 aromatic carbocycles. The predicted octanol–water partition coefficient (Wildman–Crippen LogP) is 3.80. The molecule has 0 aliphatic carbocycles. The molecule has 6 heteroatoms. The normalized spacial score (nSPS) is 10.7. The van der Waals surface area contributed by atoms with Crippen molar-refractivity contribution in [2.24, 2.45) is 0 Å². The molecule has 0 aliphatic heterocycles. The number of hydrogen-bond acceptors (Lipinski definition) is 3. The van der Waals surface area contributed by atoms with Crippen LogP contribution >= 0.6 is 15.9 Å². The first-order valence-corrected chi connectivity index (χ1v) is 8.33. The molecule has 0 radical (unpaired) electrons. The van der Waals surface area contributed by atoms with Gasteiger partial charge in [0.25, 0.3) is 5.91 Å². The molecule has 0 unspecified atom stereocenters. The van der Waals surface area contributed by atoms with Crippen LogP contribution in [0.2, 0.25) is 0 Å². The van der Waals surface area contributed by atoms with Crippen LogP contribution in [-0.2, 0) is 20.9 Å². The first-order valence-electron chi connectivity index (χ1n) is 7.53. The molecule has 130 valence electrons. The summed E-state index contributed by atoms with van der Waals surface area (Å²) in [7, 11) is 1.63. The molecule has 0 atom stereocenters. The highest BCUT2D eigenvalue weighted by atomic mass is 79.9. The van der Waals surface area contributed by atoms with E-state index in [4.69, 9.17) is 4.74 Å². The largest absolute Gasteiger partial charge is 0.452 e. The Labute approximate surface area is 154 Å². The van der Waals surface area contributed by atoms with E-state index in [1.165, 1.54) is 23.1 Å². The SMILES string of the molecule is CN(Cc1ccccc1)C(=O)COC(=O)/C=C/c1cc(Br)ccc1F. The zero-order chi connectivity index (χ0) is 18.2. The number of hydrogen-bond donors (Lipinski definition) is 0. The molecule has 0 saturated carbocycles. The number of carbonyl (C=O) groups is 2. The summed E-state index contributed by atoms with van der Waals surface area (Å²) in [4.78, 5) is 25.1. The standard InChI is InChI=1S/C19H17BrFNO3/c1-22(12-14-5-3-2-4-6-14)18(23)13-25-19(24)10-7-15-11-16(20)8-9-17(15)21/h2-11H,12-13H2,1H3/b10-7+. The summed E-state index contributed by atoms with van der Waals surface area (Å²) >= 11 is 3.23. The van der Waals surface area contributed by atoms with Gasteiger partial charge in [-0.1, -0.05) is 46.3 Å². The van der Waals surface area contributed by atoms with Crippen LogP contribution < -0.4 is 0 Å². The highest BCUT2D eigenvalue weighted by Crippen LogP contribution is 2.16. The minimum atomic E-state index is -0.708. The Bertz CT molecular complexity index is 777. The van der Waals surface area contributed by atoms with E-state index in [2.05, 4.69) is 15.9 Å². The van der Waals surface area contributed by atoms with Crippen molar-refractivity contribution in [2.45, 2.75) is 6.54 Å². The molecule has 0 N–H and O–H groups in total. The van der Waals surface area contributed by atoms with E-state index in [1.54, 1.807) is 13.1 Å². The summed E-state index contributed by atoms with van der Waals surface area (Å²) in [6.07, 6.45) is 2.40. The Hall–Kier alpha value is -2.47. The van der Waals surface area contributed by atoms with E-state index in [9.17, 15) is 14.0 Å². The monoisotopic (exact) mass is 405 g/mol. The molecule has 4 nitrogen and oxygen atoms in total. The van der Waals surface area contributed by atoms with Crippen LogP contribution in [0.3, 0.4) is 0 Å². The molecule has 0 aliphatic rings. The molecular weight excluding hydrogens is 389 g/mol. The van der Waals surface area contributed by atoms with Gasteiger partial charge in [-0.2, -0.15) is 0 Å². The number of amides is 1. The number of nitrogens with zero attached hydrogens (tertiary/aromatic N) is 1. The van der Waals surface area contributed by atoms with Crippen molar-refractivity contribution >= 4 is 33.9 Å². The zero-order valence-corrected chi connectivity index (χ0v) is 15.2. The van der Waals surface area contributed by atoms with Crippen LogP contribution in [0.1, 0.15) is 11.1 Å². The fourth-order valence-corrected chi connectivity index (χ4v) is 2.42. The number of halogens is 2. The lowest BCUT2D eigenvalue weighted by Gasteiger charge is -2.16. The molecule has 0 heterocycles. The average molecular weight is 406 g/mol. The van der Waals surface area contributed by atoms with E-state index < -0.39 is 11.8 Å². The van der Waals surface area contributed by atoms with Crippen molar-refractivity contribution in [3.63, 3.8) is 0 Å². The van der Waals surface area contributed by atoms with Gasteiger partial charge in [0.05, 0.1) is 0 Å². The van der Waals surface area contributed by atoms with Gasteiger partial charge in [-0.15, -0.1) is 0 Å². The number of benzene rings is 2. The van der Waals surface area contributed by atoms with Gasteiger partial charge in [0.2, 0.25) is 0 Å². The molecule has 0 aromatic heterocycles. The number of esters is 1. The molecule has 0 saturated heterocycles. The fraction of sp³-hybridized carbons (Fsp3) is 0.158. The van der Waals surface area contributed by atoms with E-state index in [1.807, 2.05) is 30.3 Å². The zero-order valence-electron chi connectivity index (χ0n) is 13.6. The quantitative estimate of drug-likeness (QED) is 0.542. The van der Waals surface area contributed by atoms with Gasteiger partial charge in [0, 0.05) is 29.7 Å². The molecular formula is C19H17BrFNO3. The van der Waals surface area contributed by atoms with E-state index >= 15 is 0 Å². The van der Waals surface area contributed by atoms with Gasteiger partial charge in [-0.25, -0.2) is 9.18 Å². The van der Waals surface area contributed by atoms with Crippen molar-refractivity contribution in [1.82, 2.24) is 4.90 Å². The number of ether oxygens (including phenoxy) is 1. The maximum absolute atomic E-state index is 13.6. The molecule has 1 amide bonds. The third kappa shape index (κ3) is 6.15. The Morgan fingerprint density at radius 3 is 2.64 bits per heavy atom. The van der Waals surface area contributed by atoms with E-state index in [0.29, 0.717) is 11.0 Å². The molecule has 0 spiro atoms. The van der Waals surface area contributed by atoms with Crippen LogP contribution in [-0.4, -0.2) is 30.4 Å². The molecule has 25 heavy (non-hydrogen) atoms. The topological polar surface area (TPSA) is 46.6 Å². The third-order valence-electron chi connectivity index (χ3n) is 3.38. The summed E-state index contributed by atoms with van der Waals surface area (Å²) in [5, 5.41) is 0. The van der Waals surface area contributed by atoms with Crippen LogP contribution in [0.15, 0.2) is 59.1 Å². The van der Waals surface area contributed by atoms with Crippen LogP contribution in [0.25, 0.3) is 6.08 Å². The van der Waals surface area contributed by atoms with Crippen LogP contribution in [0.4, 0.5) is 4.39 Å². The maximum Gasteiger partial charge on any atom is 0.331 e. The second-order valence-electron chi connectivity index (χ2n) is 5.34. The second kappa shape index (κ2) is 9.13. The molecule has 0 fully saturated rings. The summed E-state index contributed by atoms with van der Waals surface area (Å²) in [5.74, 6) is -1.48. The van der Waals surface area contributed by atoms with Gasteiger partial charge < -0.3 is 9.64 Å². The average Bonchev–Trinajstić information content (AvgIpc) is 2.61. The fourth-order valence-electron chi connectivity index (χ4n) is 2.04. The lowest BCUT2D eigenvalue weighted by molar-refractivity contribution is -0.147. The summed E-state index contributed by atoms with van der Waals surface area (Å²) in [6, 6.07) is 13.9. The Morgan fingerprint density at radius 2 is 1.92 bits per heavy atom. The van der Waals surface area contributed by atoms with Gasteiger partial charge >= 0.3 is 5.97 Å². The third-order valence-corrected chi connectivity index (χ3v) is 3.88. The van der Waals surface area contributed by atoms with Gasteiger partial charge in [-0.3, -0.25) is 4.79 Å². The van der Waals surface area contributed by atoms with Crippen molar-refractivity contribution in [3.8, 4) is 0 Å². The van der Waals surface area contributed by atoms with Crippen LogP contribution in [0.5, 0.6) is 0 Å². The lowest BCUT2D eigenvalue weighted by atomic mass is 10.2. The highest BCUT2D eigenvalue weighted by Gasteiger charge is 2.11. The number of likely N-dealkylation sites (N-methyl/N-ethyl adjacent to an activating group) is 1. The lowest BCUT2D eigenvalue weighted by Crippen LogP contribution is -2.30. The van der Waals surface area contributed by atoms with Gasteiger partial charge in [0.1, 0.15) is 5.82 Å². The summed E-state index contributed by atoms with van der Waals surface area (Å²) < 4.78 is 19.2. The van der Waals surface area contributed by atoms with E-state index in [-0.39, 0.29) is 18.1 Å². The number of rotatable bonds is 6. The van der Waals surface area contributed by atoms with Crippen molar-refractivity contribution in [3.05, 3.63) is 76.0 Å². The molecule has 0 bridgehead atoms. The molecule has 2 rings (SSSR count). The smallest absolute Gasteiger partial charge is 0.331 e. The maximum atomic E-state index is 13.6. The first kappa shape index (κ1) is 18.9. The molecule has 2 aromatic rings. The predicted molar refractivity (Wildman–Crippen MR) is 97.0 cm³/mol. The van der Waals surface area contributed by atoms with Gasteiger partial charge in [-0.05, 0) is 29.8 Å². The first-order chi connectivity index (χ1) is 12.0. The van der Waals surface area contributed by atoms with Crippen molar-refractivity contribution in [2.75, 3.05) is 13.7 Å². The van der Waals surface area contributed by atoms with Crippen molar-refractivity contribution < 1.29 is 18.7 Å². The summed E-state index contributed by atoms with van der Waals surface area (Å²) in [6.45, 7) is 0.0593. The Kier molecular flexibility index (Phi) is 6.89. The highest BCUT2D eigenvalue weighted by molar-refractivity contribution is 9.10. The van der Waals surface area contributed by atoms with Crippen molar-refractivity contribution in [1.29, 1.82) is 0 Å². The minimum absolute atomic E-state index is 0.249. The van der Waals surface area contributed by atoms with Crippen LogP contribution in [0, 0.1) is 5.82 Å². The second-order valence-corrected chi connectivity index (χ2v) is 6.26. The van der Waals surface area contributed by atoms with Gasteiger partial charge in [0.15, 0.2) is 6.61 Å². The minimum Gasteiger partial charge on any atom is -0.452 e. The Morgan fingerprint density at radius 1 is 1.20 bits per heavy atom. The van der Waals surface area contributed by atoms with E-state index in [0.717, 1.165) is 11.6 Å². The summed E-state index contributed by atoms with van der Waals surface area (Å²) in [5.41, 5.74) is 1.23. The number of carbonyl (C=O) groups excluding carboxylic acids is 2.